The van der Waals surface area contributed by atoms with E-state index < -0.39 is 5.97 Å². The topological polar surface area (TPSA) is 50.1 Å². The molecule has 3 heteroatoms. The van der Waals surface area contributed by atoms with E-state index in [9.17, 15) is 4.79 Å². The fourth-order valence-corrected chi connectivity index (χ4v) is 2.45. The number of esters is 1. The number of carbonyl (C=O) groups is 1. The third-order valence-electron chi connectivity index (χ3n) is 3.92. The quantitative estimate of drug-likeness (QED) is 0.130. The first-order valence-corrected chi connectivity index (χ1v) is 10.0. The lowest BCUT2D eigenvalue weighted by atomic mass is 10.1. The van der Waals surface area contributed by atoms with Gasteiger partial charge in [-0.2, -0.15) is 5.26 Å². The van der Waals surface area contributed by atoms with Crippen LogP contribution in [0.4, 0.5) is 0 Å². The van der Waals surface area contributed by atoms with Crippen LogP contribution in [0.5, 0.6) is 0 Å². The smallest absolute Gasteiger partial charge is 0.324 e. The van der Waals surface area contributed by atoms with E-state index in [0.29, 0.717) is 0 Å². The van der Waals surface area contributed by atoms with Crippen molar-refractivity contribution in [2.45, 2.75) is 84.0 Å². The van der Waals surface area contributed by atoms with Gasteiger partial charge in [0.25, 0.3) is 0 Å². The summed E-state index contributed by atoms with van der Waals surface area (Å²) >= 11 is 0. The fraction of sp³-hybridized carbons (Fsp3) is 0.565. The molecule has 0 amide bonds. The van der Waals surface area contributed by atoms with Crippen LogP contribution in [-0.2, 0) is 9.53 Å². The summed E-state index contributed by atoms with van der Waals surface area (Å²) in [7, 11) is 0. The summed E-state index contributed by atoms with van der Waals surface area (Å²) in [6, 6.07) is 1.73. The second-order valence-corrected chi connectivity index (χ2v) is 6.32. The summed E-state index contributed by atoms with van der Waals surface area (Å²) in [6.45, 7) is 2.26. The molecule has 0 N–H and O–H groups in total. The van der Waals surface area contributed by atoms with Crippen LogP contribution in [0.25, 0.3) is 0 Å². The molecule has 26 heavy (non-hydrogen) atoms. The summed E-state index contributed by atoms with van der Waals surface area (Å²) in [5.74, 6) is -0.539. The van der Waals surface area contributed by atoms with E-state index >= 15 is 0 Å². The van der Waals surface area contributed by atoms with Gasteiger partial charge in [-0.05, 0) is 18.9 Å². The minimum absolute atomic E-state index is 0.224. The molecule has 0 rings (SSSR count). The molecular weight excluding hydrogens is 322 g/mol. The van der Waals surface area contributed by atoms with Gasteiger partial charge in [-0.1, -0.05) is 101 Å². The third kappa shape index (κ3) is 20.0. The summed E-state index contributed by atoms with van der Waals surface area (Å²) in [5.41, 5.74) is 0. The molecule has 0 aliphatic carbocycles. The van der Waals surface area contributed by atoms with Crippen molar-refractivity contribution < 1.29 is 9.53 Å². The van der Waals surface area contributed by atoms with E-state index in [2.05, 4.69) is 23.8 Å². The summed E-state index contributed by atoms with van der Waals surface area (Å²) in [5, 5.41) is 8.29. The molecule has 0 aromatic heterocycles. The molecule has 0 spiro atoms. The Morgan fingerprint density at radius 1 is 0.808 bits per heavy atom. The average Bonchev–Trinajstić information content (AvgIpc) is 2.64. The van der Waals surface area contributed by atoms with Crippen molar-refractivity contribution in [1.29, 1.82) is 5.26 Å². The second-order valence-electron chi connectivity index (χ2n) is 6.32. The normalized spacial score (nSPS) is 11.8. The maximum atomic E-state index is 10.9. The van der Waals surface area contributed by atoms with Crippen LogP contribution in [0.1, 0.15) is 84.0 Å². The van der Waals surface area contributed by atoms with Gasteiger partial charge >= 0.3 is 5.97 Å². The molecule has 0 aliphatic heterocycles. The minimum atomic E-state index is -0.539. The van der Waals surface area contributed by atoms with E-state index in [4.69, 9.17) is 5.26 Å². The van der Waals surface area contributed by atoms with Crippen LogP contribution in [0.15, 0.2) is 48.8 Å². The van der Waals surface area contributed by atoms with Crippen LogP contribution in [0.3, 0.4) is 0 Å². The Bertz CT molecular complexity index is 481. The molecule has 0 atom stereocenters. The van der Waals surface area contributed by atoms with Crippen molar-refractivity contribution in [3.8, 4) is 6.07 Å². The van der Waals surface area contributed by atoms with Gasteiger partial charge < -0.3 is 4.74 Å². The Labute approximate surface area is 160 Å². The highest BCUT2D eigenvalue weighted by Gasteiger charge is 1.95. The van der Waals surface area contributed by atoms with Gasteiger partial charge in [0.15, 0.2) is 0 Å². The highest BCUT2D eigenvalue weighted by molar-refractivity contribution is 5.72. The number of ether oxygens (including phenoxy) is 1. The first kappa shape index (κ1) is 23.9. The van der Waals surface area contributed by atoms with Crippen LogP contribution >= 0.6 is 0 Å². The van der Waals surface area contributed by atoms with Crippen LogP contribution in [0.2, 0.25) is 0 Å². The number of unbranched alkanes of at least 4 members (excludes halogenated alkanes) is 10. The number of nitrogens with zero attached hydrogens (tertiary/aromatic N) is 1. The third-order valence-corrected chi connectivity index (χ3v) is 3.92. The SMILES string of the molecule is CCCCCCCCCCCC\C=C/C=C\C=C\C=C\OC(=O)CC#N. The van der Waals surface area contributed by atoms with E-state index in [0.717, 1.165) is 6.42 Å². The standard InChI is InChI=1S/C23H35NO2/c1-2-3-4-5-6-7-8-9-10-11-12-13-14-15-16-17-18-19-22-26-23(25)20-21-24/h13-19,22H,2-12,20H2,1H3/b14-13-,16-15-,18-17+,22-19+. The number of hydrogen-bond acceptors (Lipinski definition) is 3. The molecule has 0 radical (unpaired) electrons. The Morgan fingerprint density at radius 2 is 1.35 bits per heavy atom. The molecular formula is C23H35NO2. The predicted molar refractivity (Wildman–Crippen MR) is 109 cm³/mol. The highest BCUT2D eigenvalue weighted by Crippen LogP contribution is 2.11. The molecule has 0 aromatic rings. The zero-order valence-electron chi connectivity index (χ0n) is 16.4. The minimum Gasteiger partial charge on any atom is -0.434 e. The van der Waals surface area contributed by atoms with Crippen molar-refractivity contribution in [2.24, 2.45) is 0 Å². The molecule has 0 saturated heterocycles. The van der Waals surface area contributed by atoms with Crippen molar-refractivity contribution in [3.63, 3.8) is 0 Å². The Hall–Kier alpha value is -2.08. The van der Waals surface area contributed by atoms with Crippen molar-refractivity contribution in [3.05, 3.63) is 48.8 Å². The van der Waals surface area contributed by atoms with Crippen LogP contribution in [0, 0.1) is 11.3 Å². The molecule has 3 nitrogen and oxygen atoms in total. The average molecular weight is 358 g/mol. The first-order valence-electron chi connectivity index (χ1n) is 10.0. The maximum Gasteiger partial charge on any atom is 0.324 e. The lowest BCUT2D eigenvalue weighted by Gasteiger charge is -2.01. The van der Waals surface area contributed by atoms with E-state index in [1.807, 2.05) is 18.2 Å². The Kier molecular flexibility index (Phi) is 19.3. The van der Waals surface area contributed by atoms with Crippen molar-refractivity contribution in [1.82, 2.24) is 0 Å². The second kappa shape index (κ2) is 21.0. The zero-order valence-corrected chi connectivity index (χ0v) is 16.4. The Balaban J connectivity index is 3.43. The van der Waals surface area contributed by atoms with Crippen LogP contribution in [-0.4, -0.2) is 5.97 Å². The lowest BCUT2D eigenvalue weighted by molar-refractivity contribution is -0.136. The van der Waals surface area contributed by atoms with E-state index in [1.165, 1.54) is 70.5 Å². The summed E-state index contributed by atoms with van der Waals surface area (Å²) < 4.78 is 4.68. The van der Waals surface area contributed by atoms with Gasteiger partial charge in [0.1, 0.15) is 6.42 Å². The van der Waals surface area contributed by atoms with Gasteiger partial charge in [-0.25, -0.2) is 0 Å². The van der Waals surface area contributed by atoms with Gasteiger partial charge in [0.2, 0.25) is 0 Å². The number of rotatable bonds is 16. The van der Waals surface area contributed by atoms with Crippen molar-refractivity contribution >= 4 is 5.97 Å². The van der Waals surface area contributed by atoms with Gasteiger partial charge in [0.05, 0.1) is 12.3 Å². The summed E-state index contributed by atoms with van der Waals surface area (Å²) in [6.07, 6.45) is 29.4. The number of hydrogen-bond donors (Lipinski definition) is 0. The van der Waals surface area contributed by atoms with E-state index in [1.54, 1.807) is 18.2 Å². The van der Waals surface area contributed by atoms with Crippen LogP contribution < -0.4 is 0 Å². The molecule has 0 unspecified atom stereocenters. The summed E-state index contributed by atoms with van der Waals surface area (Å²) in [4.78, 5) is 10.9. The van der Waals surface area contributed by atoms with Gasteiger partial charge in [-0.15, -0.1) is 0 Å². The maximum absolute atomic E-state index is 10.9. The first-order chi connectivity index (χ1) is 12.8. The molecule has 0 heterocycles. The molecule has 0 fully saturated rings. The zero-order chi connectivity index (χ0) is 19.1. The number of carbonyl (C=O) groups excluding carboxylic acids is 1. The molecule has 0 saturated carbocycles. The van der Waals surface area contributed by atoms with Crippen molar-refractivity contribution in [2.75, 3.05) is 0 Å². The lowest BCUT2D eigenvalue weighted by Crippen LogP contribution is -1.96. The predicted octanol–water partition coefficient (Wildman–Crippen LogP) is 6.94. The monoisotopic (exact) mass is 357 g/mol. The molecule has 0 aromatic carbocycles. The molecule has 0 bridgehead atoms. The molecule has 0 aliphatic rings. The number of allylic oxidation sites excluding steroid dienone is 7. The van der Waals surface area contributed by atoms with Gasteiger partial charge in [0, 0.05) is 0 Å². The highest BCUT2D eigenvalue weighted by atomic mass is 16.5. The van der Waals surface area contributed by atoms with E-state index in [-0.39, 0.29) is 6.42 Å². The Morgan fingerprint density at radius 3 is 1.96 bits per heavy atom. The largest absolute Gasteiger partial charge is 0.434 e. The fourth-order valence-electron chi connectivity index (χ4n) is 2.45. The molecule has 144 valence electrons. The van der Waals surface area contributed by atoms with Gasteiger partial charge in [-0.3, -0.25) is 4.79 Å². The number of nitriles is 1.